The molecule has 1 aliphatic heterocycles. The smallest absolute Gasteiger partial charge is 0.0595 e. The number of likely N-dealkylation sites (N-methyl/N-ethyl adjacent to an activating group) is 2. The van der Waals surface area contributed by atoms with Gasteiger partial charge in [0.05, 0.1) is 10.0 Å². The number of hydrogen-bond donors (Lipinski definition) is 0. The first-order valence-electron chi connectivity index (χ1n) is 8.58. The summed E-state index contributed by atoms with van der Waals surface area (Å²) >= 11 is 12.0. The van der Waals surface area contributed by atoms with Crippen molar-refractivity contribution in [3.8, 4) is 0 Å². The van der Waals surface area contributed by atoms with Crippen LogP contribution in [0.2, 0.25) is 10.0 Å². The molecule has 1 aliphatic rings. The average molecular weight is 358 g/mol. The van der Waals surface area contributed by atoms with Crippen molar-refractivity contribution in [1.29, 1.82) is 0 Å². The van der Waals surface area contributed by atoms with Gasteiger partial charge >= 0.3 is 0 Å². The van der Waals surface area contributed by atoms with Crippen molar-refractivity contribution in [3.05, 3.63) is 33.8 Å². The average Bonchev–Trinajstić information content (AvgIpc) is 3.02. The van der Waals surface area contributed by atoms with Crippen LogP contribution in [-0.4, -0.2) is 68.1 Å². The maximum atomic E-state index is 6.07. The van der Waals surface area contributed by atoms with E-state index in [4.69, 9.17) is 23.2 Å². The molecule has 0 amide bonds. The second kappa shape index (κ2) is 9.85. The van der Waals surface area contributed by atoms with Crippen molar-refractivity contribution in [2.45, 2.75) is 25.8 Å². The van der Waals surface area contributed by atoms with Crippen molar-refractivity contribution < 1.29 is 0 Å². The molecule has 130 valence electrons. The van der Waals surface area contributed by atoms with Gasteiger partial charge in [0, 0.05) is 19.6 Å². The first-order valence-corrected chi connectivity index (χ1v) is 9.33. The third kappa shape index (κ3) is 6.98. The number of hydrogen-bond acceptors (Lipinski definition) is 3. The van der Waals surface area contributed by atoms with Gasteiger partial charge in [-0.05, 0) is 77.2 Å². The van der Waals surface area contributed by atoms with Crippen molar-refractivity contribution in [2.24, 2.45) is 0 Å². The number of likely N-dealkylation sites (tertiary alicyclic amines) is 1. The van der Waals surface area contributed by atoms with E-state index in [-0.39, 0.29) is 0 Å². The van der Waals surface area contributed by atoms with Gasteiger partial charge in [0.1, 0.15) is 0 Å². The molecule has 0 aromatic heterocycles. The van der Waals surface area contributed by atoms with E-state index in [1.54, 1.807) is 0 Å². The van der Waals surface area contributed by atoms with Gasteiger partial charge in [-0.1, -0.05) is 29.3 Å². The fourth-order valence-corrected chi connectivity index (χ4v) is 3.37. The van der Waals surface area contributed by atoms with Crippen LogP contribution in [0, 0.1) is 0 Å². The fourth-order valence-electron chi connectivity index (χ4n) is 3.05. The Bertz CT molecular complexity index is 475. The minimum atomic E-state index is 0.621. The van der Waals surface area contributed by atoms with E-state index in [1.165, 1.54) is 51.0 Å². The van der Waals surface area contributed by atoms with Crippen LogP contribution in [0.15, 0.2) is 18.2 Å². The van der Waals surface area contributed by atoms with Crippen molar-refractivity contribution >= 4 is 23.2 Å². The van der Waals surface area contributed by atoms with Crippen LogP contribution in [0.3, 0.4) is 0 Å². The van der Waals surface area contributed by atoms with Crippen molar-refractivity contribution in [3.63, 3.8) is 0 Å². The minimum absolute atomic E-state index is 0.621. The number of rotatable bonds is 9. The predicted molar refractivity (Wildman–Crippen MR) is 101 cm³/mol. The molecule has 0 aliphatic carbocycles. The molecule has 1 aromatic rings. The first-order chi connectivity index (χ1) is 11.0. The zero-order valence-corrected chi connectivity index (χ0v) is 15.9. The highest BCUT2D eigenvalue weighted by molar-refractivity contribution is 6.42. The standard InChI is InChI=1S/C18H29Cl2N3/c1-21(8-5-11-23-9-3-4-10-23)12-13-22(2)15-16-6-7-17(19)18(20)14-16/h6-7,14H,3-5,8-13,15H2,1-2H3. The molecule has 0 spiro atoms. The van der Waals surface area contributed by atoms with Gasteiger partial charge in [0.2, 0.25) is 0 Å². The van der Waals surface area contributed by atoms with Crippen LogP contribution in [0.25, 0.3) is 0 Å². The number of nitrogens with zero attached hydrogens (tertiary/aromatic N) is 3. The van der Waals surface area contributed by atoms with E-state index in [2.05, 4.69) is 28.8 Å². The van der Waals surface area contributed by atoms with Crippen LogP contribution in [-0.2, 0) is 6.54 Å². The lowest BCUT2D eigenvalue weighted by Crippen LogP contribution is -2.32. The molecule has 2 rings (SSSR count). The molecule has 0 N–H and O–H groups in total. The summed E-state index contributed by atoms with van der Waals surface area (Å²) in [5.41, 5.74) is 1.21. The minimum Gasteiger partial charge on any atom is -0.305 e. The van der Waals surface area contributed by atoms with E-state index >= 15 is 0 Å². The van der Waals surface area contributed by atoms with Crippen molar-refractivity contribution in [1.82, 2.24) is 14.7 Å². The molecule has 0 bridgehead atoms. The van der Waals surface area contributed by atoms with E-state index in [1.807, 2.05) is 18.2 Å². The summed E-state index contributed by atoms with van der Waals surface area (Å²) in [6.45, 7) is 8.09. The summed E-state index contributed by atoms with van der Waals surface area (Å²) in [6.07, 6.45) is 4.04. The Hall–Kier alpha value is -0.320. The normalized spacial score (nSPS) is 15.9. The second-order valence-corrected chi connectivity index (χ2v) is 7.51. The lowest BCUT2D eigenvalue weighted by molar-refractivity contribution is 0.237. The highest BCUT2D eigenvalue weighted by Gasteiger charge is 2.11. The van der Waals surface area contributed by atoms with Gasteiger partial charge in [-0.15, -0.1) is 0 Å². The maximum absolute atomic E-state index is 6.07. The summed E-state index contributed by atoms with van der Waals surface area (Å²) in [5.74, 6) is 0. The molecule has 23 heavy (non-hydrogen) atoms. The van der Waals surface area contributed by atoms with Gasteiger partial charge in [-0.2, -0.15) is 0 Å². The molecule has 0 saturated carbocycles. The van der Waals surface area contributed by atoms with Crippen molar-refractivity contribution in [2.75, 3.05) is 53.4 Å². The lowest BCUT2D eigenvalue weighted by Gasteiger charge is -2.23. The van der Waals surface area contributed by atoms with Crippen LogP contribution < -0.4 is 0 Å². The van der Waals surface area contributed by atoms with E-state index in [0.29, 0.717) is 10.0 Å². The van der Waals surface area contributed by atoms with E-state index < -0.39 is 0 Å². The van der Waals surface area contributed by atoms with Crippen LogP contribution in [0.5, 0.6) is 0 Å². The molecule has 1 heterocycles. The Morgan fingerprint density at radius 1 is 0.957 bits per heavy atom. The highest BCUT2D eigenvalue weighted by atomic mass is 35.5. The van der Waals surface area contributed by atoms with Gasteiger partial charge in [0.15, 0.2) is 0 Å². The summed E-state index contributed by atoms with van der Waals surface area (Å²) in [7, 11) is 4.37. The molecule has 1 saturated heterocycles. The number of benzene rings is 1. The quantitative estimate of drug-likeness (QED) is 0.664. The second-order valence-electron chi connectivity index (χ2n) is 6.69. The SMILES string of the molecule is CN(CCCN1CCCC1)CCN(C)Cc1ccc(Cl)c(Cl)c1. The third-order valence-electron chi connectivity index (χ3n) is 4.51. The van der Waals surface area contributed by atoms with Gasteiger partial charge < -0.3 is 14.7 Å². The Morgan fingerprint density at radius 3 is 2.35 bits per heavy atom. The summed E-state index contributed by atoms with van der Waals surface area (Å²) in [4.78, 5) is 7.35. The van der Waals surface area contributed by atoms with Gasteiger partial charge in [-0.25, -0.2) is 0 Å². The molecule has 3 nitrogen and oxygen atoms in total. The van der Waals surface area contributed by atoms with Gasteiger partial charge in [0.25, 0.3) is 0 Å². The van der Waals surface area contributed by atoms with Gasteiger partial charge in [-0.3, -0.25) is 0 Å². The third-order valence-corrected chi connectivity index (χ3v) is 5.25. The number of halogens is 2. The molecule has 1 fully saturated rings. The monoisotopic (exact) mass is 357 g/mol. The Labute approximate surface area is 151 Å². The zero-order chi connectivity index (χ0) is 16.7. The largest absolute Gasteiger partial charge is 0.305 e. The van der Waals surface area contributed by atoms with Crippen LogP contribution in [0.1, 0.15) is 24.8 Å². The molecule has 5 heteroatoms. The molecule has 0 unspecified atom stereocenters. The van der Waals surface area contributed by atoms with Crippen LogP contribution >= 0.6 is 23.2 Å². The molecule has 0 atom stereocenters. The Balaban J connectivity index is 1.60. The molecular weight excluding hydrogens is 329 g/mol. The molecule has 1 aromatic carbocycles. The molecular formula is C18H29Cl2N3. The van der Waals surface area contributed by atoms with E-state index in [9.17, 15) is 0 Å². The van der Waals surface area contributed by atoms with Crippen LogP contribution in [0.4, 0.5) is 0 Å². The first kappa shape index (κ1) is 19.0. The van der Waals surface area contributed by atoms with E-state index in [0.717, 1.165) is 19.6 Å². The topological polar surface area (TPSA) is 9.72 Å². The summed E-state index contributed by atoms with van der Waals surface area (Å²) in [6, 6.07) is 5.88. The summed E-state index contributed by atoms with van der Waals surface area (Å²) in [5, 5.41) is 1.26. The summed E-state index contributed by atoms with van der Waals surface area (Å²) < 4.78 is 0. The Morgan fingerprint density at radius 2 is 1.65 bits per heavy atom. The zero-order valence-electron chi connectivity index (χ0n) is 14.4. The maximum Gasteiger partial charge on any atom is 0.0595 e. The Kier molecular flexibility index (Phi) is 8.14. The molecule has 0 radical (unpaired) electrons. The fraction of sp³-hybridized carbons (Fsp3) is 0.667. The highest BCUT2D eigenvalue weighted by Crippen LogP contribution is 2.23. The predicted octanol–water partition coefficient (Wildman–Crippen LogP) is 3.84. The lowest BCUT2D eigenvalue weighted by atomic mass is 10.2.